The minimum absolute atomic E-state index is 0.267. The van der Waals surface area contributed by atoms with Crippen molar-refractivity contribution in [2.24, 2.45) is 5.73 Å². The number of ether oxygens (including phenoxy) is 1. The zero-order chi connectivity index (χ0) is 12.8. The first-order chi connectivity index (χ1) is 8.83. The van der Waals surface area contributed by atoms with Crippen LogP contribution in [0.25, 0.3) is 0 Å². The summed E-state index contributed by atoms with van der Waals surface area (Å²) in [5, 5.41) is 8.24. The predicted molar refractivity (Wildman–Crippen MR) is 69.4 cm³/mol. The lowest BCUT2D eigenvalue weighted by molar-refractivity contribution is 0.337. The molecule has 0 amide bonds. The number of hydrogen-bond donors (Lipinski definition) is 1. The molecule has 0 fully saturated rings. The van der Waals surface area contributed by atoms with Gasteiger partial charge in [0.1, 0.15) is 5.75 Å². The molecule has 0 aliphatic carbocycles. The highest BCUT2D eigenvalue weighted by molar-refractivity contribution is 7.98. The third-order valence-electron chi connectivity index (χ3n) is 2.25. The van der Waals surface area contributed by atoms with E-state index in [9.17, 15) is 0 Å². The second-order valence-corrected chi connectivity index (χ2v) is 4.42. The summed E-state index contributed by atoms with van der Waals surface area (Å²) in [5.74, 6) is 2.07. The molecule has 0 aliphatic heterocycles. The van der Waals surface area contributed by atoms with Crippen molar-refractivity contribution in [3.8, 4) is 5.75 Å². The zero-order valence-corrected chi connectivity index (χ0v) is 10.9. The first-order valence-corrected chi connectivity index (χ1v) is 6.68. The fraction of sp³-hybridized carbons (Fsp3) is 0.333. The Morgan fingerprint density at radius 1 is 1.33 bits per heavy atom. The summed E-state index contributed by atoms with van der Waals surface area (Å²) in [6, 6.07) is 7.92. The molecule has 1 aromatic heterocycles. The number of aromatic nitrogens is 2. The van der Waals surface area contributed by atoms with Crippen LogP contribution in [0.5, 0.6) is 5.75 Å². The van der Waals surface area contributed by atoms with Crippen LogP contribution in [0.4, 0.5) is 0 Å². The normalized spacial score (nSPS) is 10.6. The maximum absolute atomic E-state index is 5.55. The van der Waals surface area contributed by atoms with Crippen LogP contribution in [0.15, 0.2) is 33.9 Å². The van der Waals surface area contributed by atoms with Gasteiger partial charge in [0.05, 0.1) is 13.2 Å². The highest BCUT2D eigenvalue weighted by Crippen LogP contribution is 2.27. The molecule has 2 rings (SSSR count). The molecule has 1 aromatic carbocycles. The predicted octanol–water partition coefficient (Wildman–Crippen LogP) is 2.22. The lowest BCUT2D eigenvalue weighted by atomic mass is 10.2. The van der Waals surface area contributed by atoms with Gasteiger partial charge in [-0.2, -0.15) is 0 Å². The summed E-state index contributed by atoms with van der Waals surface area (Å²) in [5.41, 5.74) is 6.52. The number of benzene rings is 1. The molecule has 0 saturated heterocycles. The van der Waals surface area contributed by atoms with E-state index in [1.165, 1.54) is 11.8 Å². The van der Waals surface area contributed by atoms with E-state index in [0.29, 0.717) is 17.7 Å². The Labute approximate surface area is 110 Å². The molecule has 0 radical (unpaired) electrons. The van der Waals surface area contributed by atoms with Crippen molar-refractivity contribution in [2.75, 3.05) is 6.61 Å². The maximum atomic E-state index is 5.55. The van der Waals surface area contributed by atoms with E-state index < -0.39 is 0 Å². The van der Waals surface area contributed by atoms with Crippen molar-refractivity contribution < 1.29 is 9.15 Å². The molecule has 0 bridgehead atoms. The van der Waals surface area contributed by atoms with Crippen LogP contribution in [0.1, 0.15) is 18.4 Å². The Balaban J connectivity index is 2.01. The van der Waals surface area contributed by atoms with E-state index >= 15 is 0 Å². The lowest BCUT2D eigenvalue weighted by Gasteiger charge is -2.08. The van der Waals surface area contributed by atoms with Crippen molar-refractivity contribution in [3.05, 3.63) is 35.7 Å². The fourth-order valence-corrected chi connectivity index (χ4v) is 2.21. The molecular formula is C12H15N3O2S. The number of hydrogen-bond acceptors (Lipinski definition) is 6. The van der Waals surface area contributed by atoms with Gasteiger partial charge in [-0.25, -0.2) is 0 Å². The molecule has 2 N–H and O–H groups in total. The van der Waals surface area contributed by atoms with Gasteiger partial charge < -0.3 is 14.9 Å². The lowest BCUT2D eigenvalue weighted by Crippen LogP contribution is -1.95. The third-order valence-corrected chi connectivity index (χ3v) is 3.11. The van der Waals surface area contributed by atoms with E-state index in [1.54, 1.807) is 0 Å². The van der Waals surface area contributed by atoms with Crippen LogP contribution >= 0.6 is 11.8 Å². The number of nitrogens with two attached hydrogens (primary N) is 1. The monoisotopic (exact) mass is 265 g/mol. The average molecular weight is 265 g/mol. The highest BCUT2D eigenvalue weighted by atomic mass is 32.2. The zero-order valence-electron chi connectivity index (χ0n) is 10.1. The van der Waals surface area contributed by atoms with Crippen molar-refractivity contribution in [1.82, 2.24) is 10.2 Å². The van der Waals surface area contributed by atoms with Gasteiger partial charge in [-0.3, -0.25) is 0 Å². The second kappa shape index (κ2) is 6.42. The van der Waals surface area contributed by atoms with Gasteiger partial charge >= 0.3 is 0 Å². The molecule has 5 nitrogen and oxygen atoms in total. The molecule has 0 saturated carbocycles. The number of para-hydroxylation sites is 1. The van der Waals surface area contributed by atoms with Crippen LogP contribution in [0.3, 0.4) is 0 Å². The molecule has 0 unspecified atom stereocenters. The van der Waals surface area contributed by atoms with Crippen molar-refractivity contribution >= 4 is 11.8 Å². The Morgan fingerprint density at radius 3 is 2.89 bits per heavy atom. The van der Waals surface area contributed by atoms with Crippen molar-refractivity contribution in [1.29, 1.82) is 0 Å². The highest BCUT2D eigenvalue weighted by Gasteiger charge is 2.08. The summed E-state index contributed by atoms with van der Waals surface area (Å²) < 4.78 is 10.9. The standard InChI is InChI=1S/C12H15N3O2S/c1-2-16-10-6-4-3-5-9(10)8-18-12-15-14-11(7-13)17-12/h3-6H,2,7-8,13H2,1H3. The smallest absolute Gasteiger partial charge is 0.276 e. The molecule has 0 aliphatic rings. The minimum atomic E-state index is 0.267. The Kier molecular flexibility index (Phi) is 4.60. The first-order valence-electron chi connectivity index (χ1n) is 5.69. The van der Waals surface area contributed by atoms with E-state index in [1.807, 2.05) is 31.2 Å². The largest absolute Gasteiger partial charge is 0.494 e. The van der Waals surface area contributed by atoms with E-state index in [2.05, 4.69) is 10.2 Å². The Morgan fingerprint density at radius 2 is 2.17 bits per heavy atom. The number of rotatable bonds is 6. The van der Waals surface area contributed by atoms with Gasteiger partial charge in [-0.15, -0.1) is 10.2 Å². The molecule has 2 aromatic rings. The Hall–Kier alpha value is -1.53. The van der Waals surface area contributed by atoms with E-state index in [0.717, 1.165) is 17.1 Å². The first kappa shape index (κ1) is 12.9. The minimum Gasteiger partial charge on any atom is -0.494 e. The van der Waals surface area contributed by atoms with E-state index in [-0.39, 0.29) is 6.54 Å². The van der Waals surface area contributed by atoms with Gasteiger partial charge in [0.15, 0.2) is 0 Å². The number of thioether (sulfide) groups is 1. The van der Waals surface area contributed by atoms with Gasteiger partial charge in [-0.05, 0) is 13.0 Å². The van der Waals surface area contributed by atoms with E-state index in [4.69, 9.17) is 14.9 Å². The van der Waals surface area contributed by atoms with Gasteiger partial charge in [-0.1, -0.05) is 30.0 Å². The van der Waals surface area contributed by atoms with Crippen molar-refractivity contribution in [3.63, 3.8) is 0 Å². The Bertz CT molecular complexity index is 502. The summed E-state index contributed by atoms with van der Waals surface area (Å²) in [6.45, 7) is 2.89. The second-order valence-electron chi connectivity index (χ2n) is 3.50. The SMILES string of the molecule is CCOc1ccccc1CSc1nnc(CN)o1. The quantitative estimate of drug-likeness (QED) is 0.807. The molecular weight excluding hydrogens is 250 g/mol. The molecule has 6 heteroatoms. The van der Waals surface area contributed by atoms with Crippen molar-refractivity contribution in [2.45, 2.75) is 24.4 Å². The third kappa shape index (κ3) is 3.24. The topological polar surface area (TPSA) is 74.2 Å². The van der Waals surface area contributed by atoms with Gasteiger partial charge in [0.25, 0.3) is 5.22 Å². The molecule has 1 heterocycles. The van der Waals surface area contributed by atoms with Crippen LogP contribution in [0.2, 0.25) is 0 Å². The fourth-order valence-electron chi connectivity index (χ4n) is 1.44. The number of nitrogens with zero attached hydrogens (tertiary/aromatic N) is 2. The van der Waals surface area contributed by atoms with Crippen LogP contribution in [0, 0.1) is 0 Å². The summed E-state index contributed by atoms with van der Waals surface area (Å²) >= 11 is 1.47. The summed E-state index contributed by atoms with van der Waals surface area (Å²) in [4.78, 5) is 0. The molecule has 96 valence electrons. The van der Waals surface area contributed by atoms with Gasteiger partial charge in [0, 0.05) is 11.3 Å². The van der Waals surface area contributed by atoms with Gasteiger partial charge in [0.2, 0.25) is 5.89 Å². The summed E-state index contributed by atoms with van der Waals surface area (Å²) in [7, 11) is 0. The molecule has 0 spiro atoms. The summed E-state index contributed by atoms with van der Waals surface area (Å²) in [6.07, 6.45) is 0. The maximum Gasteiger partial charge on any atom is 0.276 e. The average Bonchev–Trinajstić information content (AvgIpc) is 2.86. The molecule has 0 atom stereocenters. The molecule has 18 heavy (non-hydrogen) atoms. The van der Waals surface area contributed by atoms with Crippen LogP contribution in [-0.2, 0) is 12.3 Å². The van der Waals surface area contributed by atoms with Crippen LogP contribution < -0.4 is 10.5 Å². The van der Waals surface area contributed by atoms with Crippen LogP contribution in [-0.4, -0.2) is 16.8 Å².